The predicted molar refractivity (Wildman–Crippen MR) is 110 cm³/mol. The number of rotatable bonds is 10. The van der Waals surface area contributed by atoms with Gasteiger partial charge in [0.1, 0.15) is 6.04 Å². The number of aromatic nitrogens is 1. The summed E-state index contributed by atoms with van der Waals surface area (Å²) in [5, 5.41) is 3.87. The molecule has 8 heteroatoms. The quantitative estimate of drug-likeness (QED) is 0.634. The third-order valence-corrected chi connectivity index (χ3v) is 5.44. The lowest BCUT2D eigenvalue weighted by Crippen LogP contribution is -2.46. The summed E-state index contributed by atoms with van der Waals surface area (Å²) in [7, 11) is -3.75. The van der Waals surface area contributed by atoms with Crippen LogP contribution in [0, 0.1) is 0 Å². The molecule has 0 aliphatic heterocycles. The van der Waals surface area contributed by atoms with Crippen molar-refractivity contribution in [1.82, 2.24) is 15.0 Å². The van der Waals surface area contributed by atoms with Crippen LogP contribution in [0.15, 0.2) is 60.3 Å². The van der Waals surface area contributed by atoms with Crippen LogP contribution in [0.2, 0.25) is 0 Å². The number of benzene rings is 1. The topological polar surface area (TPSA) is 88.2 Å². The fourth-order valence-electron chi connectivity index (χ4n) is 2.26. The number of carbonyl (C=O) groups excluding carboxylic acids is 1. The number of thioether (sulfide) groups is 1. The zero-order valence-corrected chi connectivity index (χ0v) is 16.7. The van der Waals surface area contributed by atoms with E-state index in [1.165, 1.54) is 6.08 Å². The van der Waals surface area contributed by atoms with Crippen LogP contribution in [0.25, 0.3) is 6.08 Å². The molecular formula is C19H23N3O3S2. The Balaban J connectivity index is 2.01. The number of carbonyl (C=O) groups is 1. The van der Waals surface area contributed by atoms with Gasteiger partial charge in [0, 0.05) is 24.3 Å². The van der Waals surface area contributed by atoms with E-state index in [1.807, 2.05) is 24.5 Å². The van der Waals surface area contributed by atoms with Crippen LogP contribution < -0.4 is 10.0 Å². The molecule has 0 radical (unpaired) electrons. The minimum Gasteiger partial charge on any atom is -0.351 e. The zero-order valence-electron chi connectivity index (χ0n) is 15.0. The predicted octanol–water partition coefficient (Wildman–Crippen LogP) is 2.41. The van der Waals surface area contributed by atoms with Gasteiger partial charge in [0.2, 0.25) is 15.9 Å². The number of sulfonamides is 1. The minimum atomic E-state index is -3.75. The van der Waals surface area contributed by atoms with Crippen LogP contribution in [-0.4, -0.2) is 37.4 Å². The zero-order chi connectivity index (χ0) is 19.5. The molecule has 2 aromatic rings. The largest absolute Gasteiger partial charge is 0.351 e. The molecule has 6 nitrogen and oxygen atoms in total. The summed E-state index contributed by atoms with van der Waals surface area (Å²) in [5.74, 6) is 0.315. The number of nitrogens with one attached hydrogen (secondary N) is 2. The molecule has 27 heavy (non-hydrogen) atoms. The molecule has 1 amide bonds. The third kappa shape index (κ3) is 7.94. The molecule has 2 N–H and O–H groups in total. The van der Waals surface area contributed by atoms with Crippen molar-refractivity contribution in [3.63, 3.8) is 0 Å². The molecule has 0 bridgehead atoms. The van der Waals surface area contributed by atoms with E-state index >= 15 is 0 Å². The van der Waals surface area contributed by atoms with E-state index < -0.39 is 16.1 Å². The lowest BCUT2D eigenvalue weighted by atomic mass is 10.2. The second-order valence-electron chi connectivity index (χ2n) is 5.78. The van der Waals surface area contributed by atoms with Crippen molar-refractivity contribution < 1.29 is 13.2 Å². The van der Waals surface area contributed by atoms with E-state index in [-0.39, 0.29) is 5.91 Å². The fraction of sp³-hybridized carbons (Fsp3) is 0.263. The van der Waals surface area contributed by atoms with Crippen molar-refractivity contribution in [2.24, 2.45) is 0 Å². The molecule has 1 aromatic carbocycles. The third-order valence-electron chi connectivity index (χ3n) is 3.69. The number of hydrogen-bond donors (Lipinski definition) is 2. The molecule has 0 aliphatic rings. The summed E-state index contributed by atoms with van der Waals surface area (Å²) in [4.78, 5) is 16.4. The Kier molecular flexibility index (Phi) is 8.50. The van der Waals surface area contributed by atoms with E-state index in [9.17, 15) is 13.2 Å². The number of amides is 1. The Labute approximate surface area is 164 Å². The van der Waals surface area contributed by atoms with Crippen LogP contribution >= 0.6 is 11.8 Å². The molecule has 1 heterocycles. The highest BCUT2D eigenvalue weighted by molar-refractivity contribution is 7.98. The molecule has 1 atom stereocenters. The van der Waals surface area contributed by atoms with E-state index in [2.05, 4.69) is 15.0 Å². The Morgan fingerprint density at radius 2 is 1.89 bits per heavy atom. The molecule has 0 spiro atoms. The van der Waals surface area contributed by atoms with Gasteiger partial charge in [-0.3, -0.25) is 9.78 Å². The first kappa shape index (κ1) is 21.1. The fourth-order valence-corrected chi connectivity index (χ4v) is 3.77. The Hall–Kier alpha value is -2.16. The van der Waals surface area contributed by atoms with Crippen molar-refractivity contribution >= 4 is 33.8 Å². The van der Waals surface area contributed by atoms with E-state index in [1.54, 1.807) is 48.4 Å². The maximum Gasteiger partial charge on any atom is 0.238 e. The SMILES string of the molecule is CSCCC(NS(=O)(=O)C=Cc1ccccc1)C(=O)NCc1ccncc1. The second-order valence-corrected chi connectivity index (χ2v) is 8.37. The second kappa shape index (κ2) is 10.9. The maximum absolute atomic E-state index is 12.5. The van der Waals surface area contributed by atoms with Crippen molar-refractivity contribution in [2.75, 3.05) is 12.0 Å². The summed E-state index contributed by atoms with van der Waals surface area (Å²) >= 11 is 1.56. The lowest BCUT2D eigenvalue weighted by molar-refractivity contribution is -0.122. The number of hydrogen-bond acceptors (Lipinski definition) is 5. The molecule has 2 rings (SSSR count). The molecular weight excluding hydrogens is 382 g/mol. The highest BCUT2D eigenvalue weighted by Gasteiger charge is 2.22. The molecule has 1 unspecified atom stereocenters. The smallest absolute Gasteiger partial charge is 0.238 e. The van der Waals surface area contributed by atoms with E-state index in [0.717, 1.165) is 16.5 Å². The monoisotopic (exact) mass is 405 g/mol. The van der Waals surface area contributed by atoms with Crippen molar-refractivity contribution in [1.29, 1.82) is 0 Å². The van der Waals surface area contributed by atoms with Gasteiger partial charge in [-0.1, -0.05) is 30.3 Å². The van der Waals surface area contributed by atoms with Gasteiger partial charge in [0.25, 0.3) is 0 Å². The highest BCUT2D eigenvalue weighted by Crippen LogP contribution is 2.07. The van der Waals surface area contributed by atoms with Crippen LogP contribution in [0.1, 0.15) is 17.5 Å². The number of pyridine rings is 1. The minimum absolute atomic E-state index is 0.318. The molecule has 0 saturated heterocycles. The maximum atomic E-state index is 12.5. The molecule has 1 aromatic heterocycles. The Morgan fingerprint density at radius 3 is 2.56 bits per heavy atom. The Morgan fingerprint density at radius 1 is 1.19 bits per heavy atom. The summed E-state index contributed by atoms with van der Waals surface area (Å²) in [6, 6.07) is 11.9. The summed E-state index contributed by atoms with van der Waals surface area (Å²) < 4.78 is 27.2. The standard InChI is InChI=1S/C19H23N3O3S2/c1-26-13-9-18(19(23)21-15-17-7-11-20-12-8-17)22-27(24,25)14-10-16-5-3-2-4-6-16/h2-8,10-12,14,18,22H,9,13,15H2,1H3,(H,21,23). The summed E-state index contributed by atoms with van der Waals surface area (Å²) in [6.45, 7) is 0.318. The molecule has 0 saturated carbocycles. The van der Waals surface area contributed by atoms with Gasteiger partial charge in [-0.2, -0.15) is 16.5 Å². The Bertz CT molecular complexity index is 841. The van der Waals surface area contributed by atoms with Gasteiger partial charge in [-0.15, -0.1) is 0 Å². The molecule has 144 valence electrons. The van der Waals surface area contributed by atoms with Crippen LogP contribution in [-0.2, 0) is 21.4 Å². The van der Waals surface area contributed by atoms with E-state index in [0.29, 0.717) is 18.7 Å². The van der Waals surface area contributed by atoms with Crippen molar-refractivity contribution in [3.05, 3.63) is 71.4 Å². The van der Waals surface area contributed by atoms with Gasteiger partial charge < -0.3 is 5.32 Å². The average molecular weight is 406 g/mol. The first-order valence-corrected chi connectivity index (χ1v) is 11.4. The molecule has 0 fully saturated rings. The summed E-state index contributed by atoms with van der Waals surface area (Å²) in [5.41, 5.74) is 1.67. The van der Waals surface area contributed by atoms with Crippen LogP contribution in [0.3, 0.4) is 0 Å². The first-order chi connectivity index (χ1) is 13.0. The normalized spacial score (nSPS) is 12.8. The van der Waals surface area contributed by atoms with Crippen LogP contribution in [0.4, 0.5) is 0 Å². The van der Waals surface area contributed by atoms with Gasteiger partial charge in [0.15, 0.2) is 0 Å². The van der Waals surface area contributed by atoms with Crippen molar-refractivity contribution in [3.8, 4) is 0 Å². The van der Waals surface area contributed by atoms with Crippen LogP contribution in [0.5, 0.6) is 0 Å². The lowest BCUT2D eigenvalue weighted by Gasteiger charge is -2.17. The number of nitrogens with zero attached hydrogens (tertiary/aromatic N) is 1. The van der Waals surface area contributed by atoms with E-state index in [4.69, 9.17) is 0 Å². The van der Waals surface area contributed by atoms with Gasteiger partial charge in [-0.25, -0.2) is 8.42 Å². The molecule has 0 aliphatic carbocycles. The highest BCUT2D eigenvalue weighted by atomic mass is 32.2. The van der Waals surface area contributed by atoms with Gasteiger partial charge in [-0.05, 0) is 47.8 Å². The first-order valence-electron chi connectivity index (χ1n) is 8.41. The average Bonchev–Trinajstić information content (AvgIpc) is 2.69. The van der Waals surface area contributed by atoms with Gasteiger partial charge >= 0.3 is 0 Å². The summed E-state index contributed by atoms with van der Waals surface area (Å²) in [6.07, 6.45) is 7.11. The van der Waals surface area contributed by atoms with Crippen molar-refractivity contribution in [2.45, 2.75) is 19.0 Å². The van der Waals surface area contributed by atoms with Gasteiger partial charge in [0.05, 0.1) is 0 Å².